The third-order valence-electron chi connectivity index (χ3n) is 2.58. The summed E-state index contributed by atoms with van der Waals surface area (Å²) in [5, 5.41) is 1.63. The van der Waals surface area contributed by atoms with E-state index in [9.17, 15) is 0 Å². The van der Waals surface area contributed by atoms with Gasteiger partial charge in [0.2, 0.25) is 0 Å². The van der Waals surface area contributed by atoms with Gasteiger partial charge in [-0.1, -0.05) is 24.6 Å². The highest BCUT2D eigenvalue weighted by Crippen LogP contribution is 2.29. The van der Waals surface area contributed by atoms with Gasteiger partial charge in [-0.3, -0.25) is 4.98 Å². The van der Waals surface area contributed by atoms with Gasteiger partial charge in [-0.05, 0) is 31.5 Å². The van der Waals surface area contributed by atoms with E-state index in [0.29, 0.717) is 5.02 Å². The maximum atomic E-state index is 6.08. The summed E-state index contributed by atoms with van der Waals surface area (Å²) >= 11 is 6.08. The summed E-state index contributed by atoms with van der Waals surface area (Å²) in [5.41, 5.74) is 0.796. The number of benzene rings is 1. The summed E-state index contributed by atoms with van der Waals surface area (Å²) in [5.74, 6) is 0.849. The normalized spacial score (nSPS) is 12.7. The summed E-state index contributed by atoms with van der Waals surface area (Å²) in [6, 6.07) is 7.61. The average Bonchev–Trinajstić information content (AvgIpc) is 2.30. The Bertz CT molecular complexity index is 498. The van der Waals surface area contributed by atoms with Crippen LogP contribution in [0.2, 0.25) is 5.02 Å². The third-order valence-corrected chi connectivity index (χ3v) is 2.89. The highest BCUT2D eigenvalue weighted by atomic mass is 35.5. The molecule has 0 saturated carbocycles. The van der Waals surface area contributed by atoms with E-state index >= 15 is 0 Å². The monoisotopic (exact) mass is 235 g/mol. The van der Waals surface area contributed by atoms with Crippen molar-refractivity contribution in [2.24, 2.45) is 0 Å². The van der Waals surface area contributed by atoms with Gasteiger partial charge in [-0.25, -0.2) is 0 Å². The van der Waals surface area contributed by atoms with Crippen molar-refractivity contribution in [3.05, 3.63) is 35.5 Å². The summed E-state index contributed by atoms with van der Waals surface area (Å²) in [6.45, 7) is 4.15. The molecule has 0 amide bonds. The van der Waals surface area contributed by atoms with Gasteiger partial charge in [0, 0.05) is 11.6 Å². The summed E-state index contributed by atoms with van der Waals surface area (Å²) in [7, 11) is 0. The summed E-state index contributed by atoms with van der Waals surface area (Å²) in [6.07, 6.45) is 2.90. The van der Waals surface area contributed by atoms with Crippen LogP contribution in [0.3, 0.4) is 0 Å². The Morgan fingerprint density at radius 3 is 2.94 bits per heavy atom. The van der Waals surface area contributed by atoms with Crippen molar-refractivity contribution in [2.75, 3.05) is 0 Å². The minimum Gasteiger partial charge on any atom is -0.490 e. The number of nitrogens with zero attached hydrogens (tertiary/aromatic N) is 1. The highest BCUT2D eigenvalue weighted by molar-refractivity contribution is 6.35. The SMILES string of the molecule is CCC(C)Oc1ccnc2c(Cl)cccc12. The first-order chi connectivity index (χ1) is 7.72. The predicted octanol–water partition coefficient (Wildman–Crippen LogP) is 4.07. The molecule has 2 rings (SSSR count). The van der Waals surface area contributed by atoms with E-state index in [1.807, 2.05) is 24.3 Å². The number of rotatable bonds is 3. The van der Waals surface area contributed by atoms with Crippen molar-refractivity contribution < 1.29 is 4.74 Å². The van der Waals surface area contributed by atoms with E-state index in [2.05, 4.69) is 18.8 Å². The van der Waals surface area contributed by atoms with E-state index in [0.717, 1.165) is 23.1 Å². The first kappa shape index (κ1) is 11.2. The second-order valence-electron chi connectivity index (χ2n) is 3.78. The molecule has 84 valence electrons. The summed E-state index contributed by atoms with van der Waals surface area (Å²) < 4.78 is 5.83. The minimum absolute atomic E-state index is 0.199. The lowest BCUT2D eigenvalue weighted by Crippen LogP contribution is -2.09. The average molecular weight is 236 g/mol. The molecule has 2 aromatic rings. The molecule has 0 bridgehead atoms. The maximum absolute atomic E-state index is 6.08. The van der Waals surface area contributed by atoms with Crippen molar-refractivity contribution in [1.29, 1.82) is 0 Å². The Labute approximate surface area is 100 Å². The van der Waals surface area contributed by atoms with Gasteiger partial charge < -0.3 is 4.74 Å². The van der Waals surface area contributed by atoms with E-state index in [-0.39, 0.29) is 6.10 Å². The Morgan fingerprint density at radius 2 is 2.19 bits per heavy atom. The van der Waals surface area contributed by atoms with E-state index in [1.54, 1.807) is 6.20 Å². The Kier molecular flexibility index (Phi) is 3.30. The van der Waals surface area contributed by atoms with Crippen LogP contribution in [0.15, 0.2) is 30.5 Å². The Morgan fingerprint density at radius 1 is 1.38 bits per heavy atom. The molecular formula is C13H14ClNO. The lowest BCUT2D eigenvalue weighted by Gasteiger charge is -2.14. The number of ether oxygens (including phenoxy) is 1. The van der Waals surface area contributed by atoms with Crippen LogP contribution < -0.4 is 4.74 Å². The number of hydrogen-bond acceptors (Lipinski definition) is 2. The van der Waals surface area contributed by atoms with Crippen molar-refractivity contribution in [3.63, 3.8) is 0 Å². The van der Waals surface area contributed by atoms with E-state index in [1.165, 1.54) is 0 Å². The predicted molar refractivity (Wildman–Crippen MR) is 67.1 cm³/mol. The molecule has 16 heavy (non-hydrogen) atoms. The third kappa shape index (κ3) is 2.12. The molecule has 1 atom stereocenters. The van der Waals surface area contributed by atoms with Gasteiger partial charge in [-0.15, -0.1) is 0 Å². The van der Waals surface area contributed by atoms with Crippen molar-refractivity contribution >= 4 is 22.5 Å². The lowest BCUT2D eigenvalue weighted by molar-refractivity contribution is 0.220. The fourth-order valence-electron chi connectivity index (χ4n) is 1.52. The van der Waals surface area contributed by atoms with Crippen LogP contribution in [0.5, 0.6) is 5.75 Å². The first-order valence-electron chi connectivity index (χ1n) is 5.42. The molecule has 3 heteroatoms. The van der Waals surface area contributed by atoms with Crippen molar-refractivity contribution in [2.45, 2.75) is 26.4 Å². The quantitative estimate of drug-likeness (QED) is 0.800. The number of aromatic nitrogens is 1. The molecule has 1 heterocycles. The molecule has 1 aromatic heterocycles. The number of halogens is 1. The van der Waals surface area contributed by atoms with Crippen molar-refractivity contribution in [3.8, 4) is 5.75 Å². The first-order valence-corrected chi connectivity index (χ1v) is 5.80. The second-order valence-corrected chi connectivity index (χ2v) is 4.19. The van der Waals surface area contributed by atoms with Gasteiger partial charge >= 0.3 is 0 Å². The van der Waals surface area contributed by atoms with Gasteiger partial charge in [-0.2, -0.15) is 0 Å². The zero-order valence-corrected chi connectivity index (χ0v) is 10.2. The smallest absolute Gasteiger partial charge is 0.130 e. The Balaban J connectivity index is 2.50. The number of pyridine rings is 1. The van der Waals surface area contributed by atoms with Crippen LogP contribution in [0.25, 0.3) is 10.9 Å². The molecule has 0 radical (unpaired) electrons. The molecule has 0 fully saturated rings. The van der Waals surface area contributed by atoms with E-state index in [4.69, 9.17) is 16.3 Å². The summed E-state index contributed by atoms with van der Waals surface area (Å²) in [4.78, 5) is 4.26. The zero-order valence-electron chi connectivity index (χ0n) is 9.40. The van der Waals surface area contributed by atoms with E-state index < -0.39 is 0 Å². The standard InChI is InChI=1S/C13H14ClNO/c1-3-9(2)16-12-7-8-15-13-10(12)5-4-6-11(13)14/h4-9H,3H2,1-2H3. The van der Waals surface area contributed by atoms with Crippen LogP contribution in [-0.4, -0.2) is 11.1 Å². The van der Waals surface area contributed by atoms with Gasteiger partial charge in [0.25, 0.3) is 0 Å². The number of para-hydroxylation sites is 1. The molecule has 0 aliphatic carbocycles. The molecule has 0 spiro atoms. The van der Waals surface area contributed by atoms with Crippen LogP contribution in [0.4, 0.5) is 0 Å². The molecular weight excluding hydrogens is 222 g/mol. The topological polar surface area (TPSA) is 22.1 Å². The van der Waals surface area contributed by atoms with Crippen LogP contribution in [0.1, 0.15) is 20.3 Å². The van der Waals surface area contributed by atoms with Gasteiger partial charge in [0.15, 0.2) is 0 Å². The minimum atomic E-state index is 0.199. The van der Waals surface area contributed by atoms with Crippen molar-refractivity contribution in [1.82, 2.24) is 4.98 Å². The molecule has 0 N–H and O–H groups in total. The number of hydrogen-bond donors (Lipinski definition) is 0. The maximum Gasteiger partial charge on any atom is 0.130 e. The number of fused-ring (bicyclic) bond motifs is 1. The largest absolute Gasteiger partial charge is 0.490 e. The highest BCUT2D eigenvalue weighted by Gasteiger charge is 2.07. The Hall–Kier alpha value is -1.28. The van der Waals surface area contributed by atoms with Crippen LogP contribution in [0, 0.1) is 0 Å². The molecule has 1 unspecified atom stereocenters. The molecule has 2 nitrogen and oxygen atoms in total. The fraction of sp³-hybridized carbons (Fsp3) is 0.308. The fourth-order valence-corrected chi connectivity index (χ4v) is 1.74. The zero-order chi connectivity index (χ0) is 11.5. The lowest BCUT2D eigenvalue weighted by atomic mass is 10.2. The molecule has 1 aromatic carbocycles. The van der Waals surface area contributed by atoms with Gasteiger partial charge in [0.1, 0.15) is 5.75 Å². The van der Waals surface area contributed by atoms with Crippen LogP contribution >= 0.6 is 11.6 Å². The van der Waals surface area contributed by atoms with Crippen LogP contribution in [-0.2, 0) is 0 Å². The molecule has 0 aliphatic heterocycles. The molecule has 0 saturated heterocycles. The molecule has 0 aliphatic rings. The second kappa shape index (κ2) is 4.71. The van der Waals surface area contributed by atoms with Gasteiger partial charge in [0.05, 0.1) is 16.6 Å².